The average Bonchev–Trinajstić information content (AvgIpc) is 2.40. The van der Waals surface area contributed by atoms with Crippen molar-refractivity contribution in [2.24, 2.45) is 5.73 Å². The lowest BCUT2D eigenvalue weighted by Gasteiger charge is -2.20. The molecule has 0 unspecified atom stereocenters. The van der Waals surface area contributed by atoms with Gasteiger partial charge in [-0.15, -0.1) is 0 Å². The molecular formula is C15H24N2O2. The van der Waals surface area contributed by atoms with E-state index in [1.807, 2.05) is 19.1 Å². The Hall–Kier alpha value is -1.39. The Kier molecular flexibility index (Phi) is 7.15. The van der Waals surface area contributed by atoms with Crippen molar-refractivity contribution in [3.63, 3.8) is 0 Å². The third kappa shape index (κ3) is 5.85. The average molecular weight is 264 g/mol. The summed E-state index contributed by atoms with van der Waals surface area (Å²) in [5, 5.41) is 0. The summed E-state index contributed by atoms with van der Waals surface area (Å²) in [7, 11) is 0. The zero-order chi connectivity index (χ0) is 14.1. The Bertz CT molecular complexity index is 376. The van der Waals surface area contributed by atoms with Crippen LogP contribution in [0.25, 0.3) is 0 Å². The van der Waals surface area contributed by atoms with Crippen LogP contribution in [0.15, 0.2) is 24.3 Å². The quantitative estimate of drug-likeness (QED) is 0.729. The number of rotatable bonds is 8. The second-order valence-electron chi connectivity index (χ2n) is 4.54. The maximum Gasteiger partial charge on any atom is 0.320 e. The molecule has 0 saturated heterocycles. The zero-order valence-electron chi connectivity index (χ0n) is 11.9. The molecule has 0 heterocycles. The van der Waals surface area contributed by atoms with Crippen molar-refractivity contribution in [2.75, 3.05) is 19.7 Å². The predicted octanol–water partition coefficient (Wildman–Crippen LogP) is 1.92. The first-order valence-corrected chi connectivity index (χ1v) is 6.85. The fraction of sp³-hybridized carbons (Fsp3) is 0.533. The molecular weight excluding hydrogens is 240 g/mol. The van der Waals surface area contributed by atoms with Crippen molar-refractivity contribution >= 4 is 5.97 Å². The van der Waals surface area contributed by atoms with Gasteiger partial charge in [0.25, 0.3) is 0 Å². The molecule has 0 saturated carbocycles. The van der Waals surface area contributed by atoms with E-state index in [0.29, 0.717) is 19.7 Å². The summed E-state index contributed by atoms with van der Waals surface area (Å²) in [5.74, 6) is -0.158. The minimum atomic E-state index is -0.158. The molecule has 0 amide bonds. The molecule has 0 aliphatic heterocycles. The van der Waals surface area contributed by atoms with Gasteiger partial charge in [0.15, 0.2) is 0 Å². The standard InChI is InChI=1S/C15H24N2O2/c1-3-9-17(12-15(18)19-4-2)11-14-7-5-13(10-16)6-8-14/h5-8H,3-4,9-12,16H2,1-2H3. The molecule has 4 nitrogen and oxygen atoms in total. The van der Waals surface area contributed by atoms with Crippen LogP contribution in [-0.2, 0) is 22.6 Å². The van der Waals surface area contributed by atoms with Crippen molar-refractivity contribution in [3.8, 4) is 0 Å². The Morgan fingerprint density at radius 2 is 1.84 bits per heavy atom. The van der Waals surface area contributed by atoms with Gasteiger partial charge in [-0.05, 0) is 31.0 Å². The highest BCUT2D eigenvalue weighted by Crippen LogP contribution is 2.08. The summed E-state index contributed by atoms with van der Waals surface area (Å²) in [6.07, 6.45) is 1.01. The maximum atomic E-state index is 11.5. The van der Waals surface area contributed by atoms with Crippen molar-refractivity contribution in [1.29, 1.82) is 0 Å². The number of ether oxygens (including phenoxy) is 1. The summed E-state index contributed by atoms with van der Waals surface area (Å²) in [6.45, 7) is 6.92. The van der Waals surface area contributed by atoms with Crippen molar-refractivity contribution < 1.29 is 9.53 Å². The second kappa shape index (κ2) is 8.67. The number of carbonyl (C=O) groups is 1. The minimum Gasteiger partial charge on any atom is -0.465 e. The van der Waals surface area contributed by atoms with Crippen LogP contribution < -0.4 is 5.73 Å². The largest absolute Gasteiger partial charge is 0.465 e. The molecule has 19 heavy (non-hydrogen) atoms. The predicted molar refractivity (Wildman–Crippen MR) is 76.5 cm³/mol. The number of benzene rings is 1. The molecule has 0 bridgehead atoms. The van der Waals surface area contributed by atoms with Gasteiger partial charge in [0.2, 0.25) is 0 Å². The molecule has 4 heteroatoms. The van der Waals surface area contributed by atoms with Crippen molar-refractivity contribution in [2.45, 2.75) is 33.4 Å². The fourth-order valence-corrected chi connectivity index (χ4v) is 1.96. The molecule has 0 atom stereocenters. The third-order valence-electron chi connectivity index (χ3n) is 2.86. The van der Waals surface area contributed by atoms with Crippen LogP contribution >= 0.6 is 0 Å². The first-order valence-electron chi connectivity index (χ1n) is 6.85. The molecule has 0 aliphatic rings. The van der Waals surface area contributed by atoms with Crippen LogP contribution in [0.2, 0.25) is 0 Å². The molecule has 0 fully saturated rings. The molecule has 2 N–H and O–H groups in total. The molecule has 0 radical (unpaired) electrons. The number of hydrogen-bond acceptors (Lipinski definition) is 4. The molecule has 0 aromatic heterocycles. The molecule has 1 rings (SSSR count). The van der Waals surface area contributed by atoms with E-state index in [9.17, 15) is 4.79 Å². The first-order chi connectivity index (χ1) is 9.19. The minimum absolute atomic E-state index is 0.158. The van der Waals surface area contributed by atoms with Gasteiger partial charge in [-0.1, -0.05) is 31.2 Å². The lowest BCUT2D eigenvalue weighted by Crippen LogP contribution is -2.31. The van der Waals surface area contributed by atoms with Gasteiger partial charge < -0.3 is 10.5 Å². The van der Waals surface area contributed by atoms with Crippen LogP contribution in [0.5, 0.6) is 0 Å². The van der Waals surface area contributed by atoms with E-state index in [1.165, 1.54) is 5.56 Å². The van der Waals surface area contributed by atoms with Crippen molar-refractivity contribution in [1.82, 2.24) is 4.90 Å². The summed E-state index contributed by atoms with van der Waals surface area (Å²) in [4.78, 5) is 13.6. The smallest absolute Gasteiger partial charge is 0.320 e. The highest BCUT2D eigenvalue weighted by Gasteiger charge is 2.11. The highest BCUT2D eigenvalue weighted by atomic mass is 16.5. The number of esters is 1. The molecule has 1 aromatic carbocycles. The second-order valence-corrected chi connectivity index (χ2v) is 4.54. The van der Waals surface area contributed by atoms with E-state index in [4.69, 9.17) is 10.5 Å². The van der Waals surface area contributed by atoms with E-state index in [1.54, 1.807) is 0 Å². The van der Waals surface area contributed by atoms with E-state index in [-0.39, 0.29) is 5.97 Å². The Morgan fingerprint density at radius 1 is 1.21 bits per heavy atom. The first kappa shape index (κ1) is 15.7. The summed E-state index contributed by atoms with van der Waals surface area (Å²) in [5.41, 5.74) is 7.89. The number of carbonyl (C=O) groups excluding carboxylic acids is 1. The van der Waals surface area contributed by atoms with E-state index in [0.717, 1.165) is 25.1 Å². The summed E-state index contributed by atoms with van der Waals surface area (Å²) >= 11 is 0. The Balaban J connectivity index is 2.58. The molecule has 0 spiro atoms. The maximum absolute atomic E-state index is 11.5. The van der Waals surface area contributed by atoms with Crippen LogP contribution in [0, 0.1) is 0 Å². The van der Waals surface area contributed by atoms with Gasteiger partial charge in [0.1, 0.15) is 0 Å². The fourth-order valence-electron chi connectivity index (χ4n) is 1.96. The van der Waals surface area contributed by atoms with Gasteiger partial charge >= 0.3 is 5.97 Å². The Labute approximate surface area is 115 Å². The third-order valence-corrected chi connectivity index (χ3v) is 2.86. The monoisotopic (exact) mass is 264 g/mol. The lowest BCUT2D eigenvalue weighted by molar-refractivity contribution is -0.144. The lowest BCUT2D eigenvalue weighted by atomic mass is 10.1. The topological polar surface area (TPSA) is 55.6 Å². The number of nitrogens with zero attached hydrogens (tertiary/aromatic N) is 1. The van der Waals surface area contributed by atoms with Gasteiger partial charge in [0.05, 0.1) is 13.2 Å². The SMILES string of the molecule is CCCN(CC(=O)OCC)Cc1ccc(CN)cc1. The van der Waals surface area contributed by atoms with Crippen LogP contribution in [0.3, 0.4) is 0 Å². The van der Waals surface area contributed by atoms with E-state index < -0.39 is 0 Å². The van der Waals surface area contributed by atoms with Crippen LogP contribution in [0.1, 0.15) is 31.4 Å². The molecule has 0 aliphatic carbocycles. The normalized spacial score (nSPS) is 10.7. The van der Waals surface area contributed by atoms with Gasteiger partial charge in [-0.3, -0.25) is 9.69 Å². The van der Waals surface area contributed by atoms with Gasteiger partial charge in [0, 0.05) is 13.1 Å². The molecule has 106 valence electrons. The summed E-state index contributed by atoms with van der Waals surface area (Å²) in [6, 6.07) is 8.19. The molecule has 1 aromatic rings. The van der Waals surface area contributed by atoms with Crippen LogP contribution in [0.4, 0.5) is 0 Å². The zero-order valence-corrected chi connectivity index (χ0v) is 11.9. The Morgan fingerprint density at radius 3 is 2.37 bits per heavy atom. The highest BCUT2D eigenvalue weighted by molar-refractivity contribution is 5.71. The van der Waals surface area contributed by atoms with E-state index >= 15 is 0 Å². The van der Waals surface area contributed by atoms with Crippen LogP contribution in [-0.4, -0.2) is 30.6 Å². The van der Waals surface area contributed by atoms with Gasteiger partial charge in [-0.2, -0.15) is 0 Å². The number of nitrogens with two attached hydrogens (primary N) is 1. The van der Waals surface area contributed by atoms with E-state index in [2.05, 4.69) is 24.0 Å². The number of hydrogen-bond donors (Lipinski definition) is 1. The summed E-state index contributed by atoms with van der Waals surface area (Å²) < 4.78 is 5.00. The van der Waals surface area contributed by atoms with Gasteiger partial charge in [-0.25, -0.2) is 0 Å². The van der Waals surface area contributed by atoms with Crippen molar-refractivity contribution in [3.05, 3.63) is 35.4 Å².